The Labute approximate surface area is 427 Å². The molecule has 0 atom stereocenters. The lowest BCUT2D eigenvalue weighted by atomic mass is 9.80. The Morgan fingerprint density at radius 1 is 0.444 bits per heavy atom. The second-order valence-corrected chi connectivity index (χ2v) is 23.7. The van der Waals surface area contributed by atoms with Crippen molar-refractivity contribution in [3.8, 4) is 39.6 Å². The molecule has 5 nitrogen and oxygen atoms in total. The molecule has 11 aromatic rings. The van der Waals surface area contributed by atoms with Crippen molar-refractivity contribution in [1.82, 2.24) is 9.55 Å². The SMILES string of the molecule is CC(C)(C)c1cc(N2CN(c3cccc(Oc4ccc5c6ccccc6n(-c6cc(C(C)(C)C)c(-c7cccc(-c8ccc9c(c8)sc8ccccc89)c7)cn6)c5c4)c3)c3ccccc32)cc(C(C)(C)C)c1. The van der Waals surface area contributed by atoms with Crippen LogP contribution in [0.25, 0.3) is 70.0 Å². The molecule has 4 heterocycles. The third-order valence-corrected chi connectivity index (χ3v) is 15.7. The minimum absolute atomic E-state index is 0.0138. The third kappa shape index (κ3) is 8.08. The Hall–Kier alpha value is -7.67. The molecule has 8 aromatic carbocycles. The van der Waals surface area contributed by atoms with Gasteiger partial charge in [-0.2, -0.15) is 0 Å². The summed E-state index contributed by atoms with van der Waals surface area (Å²) in [5, 5.41) is 4.96. The zero-order chi connectivity index (χ0) is 49.7. The Morgan fingerprint density at radius 3 is 1.81 bits per heavy atom. The summed E-state index contributed by atoms with van der Waals surface area (Å²) in [6.07, 6.45) is 2.08. The first-order valence-corrected chi connectivity index (χ1v) is 26.0. The van der Waals surface area contributed by atoms with Crippen LogP contribution in [0.5, 0.6) is 11.5 Å². The Morgan fingerprint density at radius 2 is 1.06 bits per heavy atom. The molecule has 0 spiro atoms. The molecule has 0 fully saturated rings. The summed E-state index contributed by atoms with van der Waals surface area (Å²) in [6.45, 7) is 21.4. The highest BCUT2D eigenvalue weighted by molar-refractivity contribution is 7.25. The third-order valence-electron chi connectivity index (χ3n) is 14.5. The van der Waals surface area contributed by atoms with Gasteiger partial charge in [0, 0.05) is 66.2 Å². The lowest BCUT2D eigenvalue weighted by molar-refractivity contribution is 0.483. The quantitative estimate of drug-likeness (QED) is 0.159. The van der Waals surface area contributed by atoms with Crippen molar-refractivity contribution in [2.75, 3.05) is 16.5 Å². The van der Waals surface area contributed by atoms with Crippen molar-refractivity contribution in [1.29, 1.82) is 0 Å². The Kier molecular flexibility index (Phi) is 10.7. The smallest absolute Gasteiger partial charge is 0.137 e. The van der Waals surface area contributed by atoms with Crippen LogP contribution in [0, 0.1) is 0 Å². The summed E-state index contributed by atoms with van der Waals surface area (Å²) in [5.74, 6) is 2.41. The largest absolute Gasteiger partial charge is 0.457 e. The van der Waals surface area contributed by atoms with Gasteiger partial charge in [0.05, 0.1) is 22.4 Å². The van der Waals surface area contributed by atoms with Crippen molar-refractivity contribution in [2.45, 2.75) is 78.6 Å². The number of rotatable bonds is 7. The number of hydrogen-bond acceptors (Lipinski definition) is 5. The summed E-state index contributed by atoms with van der Waals surface area (Å²) in [4.78, 5) is 10.2. The molecule has 0 saturated carbocycles. The van der Waals surface area contributed by atoms with Gasteiger partial charge in [-0.15, -0.1) is 11.3 Å². The second kappa shape index (κ2) is 17.0. The maximum absolute atomic E-state index is 6.85. The number of hydrogen-bond donors (Lipinski definition) is 0. The monoisotopic (exact) mass is 956 g/mol. The minimum atomic E-state index is -0.171. The van der Waals surface area contributed by atoms with E-state index in [0.29, 0.717) is 6.67 Å². The molecule has 0 aliphatic carbocycles. The Balaban J connectivity index is 0.884. The number of pyridine rings is 1. The van der Waals surface area contributed by atoms with Gasteiger partial charge in [-0.1, -0.05) is 153 Å². The van der Waals surface area contributed by atoms with Gasteiger partial charge >= 0.3 is 0 Å². The molecule has 12 rings (SSSR count). The van der Waals surface area contributed by atoms with Crippen LogP contribution in [0.15, 0.2) is 188 Å². The van der Waals surface area contributed by atoms with Crippen LogP contribution in [-0.4, -0.2) is 16.2 Å². The van der Waals surface area contributed by atoms with E-state index in [-0.39, 0.29) is 16.2 Å². The summed E-state index contributed by atoms with van der Waals surface area (Å²) >= 11 is 1.86. The van der Waals surface area contributed by atoms with E-state index in [4.69, 9.17) is 9.72 Å². The van der Waals surface area contributed by atoms with E-state index in [1.54, 1.807) is 0 Å². The summed E-state index contributed by atoms with van der Waals surface area (Å²) < 4.78 is 11.8. The molecular weight excluding hydrogens is 897 g/mol. The van der Waals surface area contributed by atoms with E-state index in [1.165, 1.54) is 70.4 Å². The van der Waals surface area contributed by atoms with Gasteiger partial charge in [-0.3, -0.25) is 4.57 Å². The van der Waals surface area contributed by atoms with Crippen LogP contribution in [0.1, 0.15) is 79.0 Å². The predicted octanol–water partition coefficient (Wildman–Crippen LogP) is 18.8. The molecule has 0 N–H and O–H groups in total. The molecule has 3 aromatic heterocycles. The molecule has 6 heteroatoms. The number of benzene rings is 8. The molecule has 0 bridgehead atoms. The van der Waals surface area contributed by atoms with Crippen molar-refractivity contribution in [3.05, 3.63) is 205 Å². The average molecular weight is 957 g/mol. The van der Waals surface area contributed by atoms with Crippen molar-refractivity contribution in [2.24, 2.45) is 0 Å². The fourth-order valence-electron chi connectivity index (χ4n) is 10.6. The normalized spacial score (nSPS) is 13.2. The van der Waals surface area contributed by atoms with E-state index < -0.39 is 0 Å². The van der Waals surface area contributed by atoms with E-state index in [1.807, 2.05) is 11.3 Å². The summed E-state index contributed by atoms with van der Waals surface area (Å²) in [6, 6.07) is 66.3. The zero-order valence-electron chi connectivity index (χ0n) is 42.7. The van der Waals surface area contributed by atoms with E-state index in [9.17, 15) is 0 Å². The lowest BCUT2D eigenvalue weighted by Gasteiger charge is -2.29. The minimum Gasteiger partial charge on any atom is -0.457 e. The highest BCUT2D eigenvalue weighted by Gasteiger charge is 2.31. The first-order chi connectivity index (χ1) is 34.5. The molecule has 72 heavy (non-hydrogen) atoms. The fourth-order valence-corrected chi connectivity index (χ4v) is 11.7. The number of ether oxygens (including phenoxy) is 1. The van der Waals surface area contributed by atoms with Crippen LogP contribution in [0.2, 0.25) is 0 Å². The van der Waals surface area contributed by atoms with Crippen LogP contribution >= 0.6 is 11.3 Å². The zero-order valence-corrected chi connectivity index (χ0v) is 43.5. The van der Waals surface area contributed by atoms with Gasteiger partial charge in [0.25, 0.3) is 0 Å². The molecule has 0 saturated heterocycles. The number of thiophene rings is 1. The molecular formula is C66H60N4OS. The number of anilines is 4. The standard InChI is InChI=1S/C66H60N4OS/c1-64(2,3)45-34-46(65(4,5)6)36-48(35-45)69-41-68(58-25-13-14-26-59(58)69)47-20-17-21-49(37-47)71-50-29-31-52-51-22-10-12-24-57(51)70(60(52)38-50)63-39-56(66(7,8)9)55(40-67-63)44-19-16-18-42(32-44)43-28-30-54-53-23-11-15-27-61(53)72-62(54)33-43/h10-40H,41H2,1-9H3. The highest BCUT2D eigenvalue weighted by Crippen LogP contribution is 2.47. The highest BCUT2D eigenvalue weighted by atomic mass is 32.1. The van der Waals surface area contributed by atoms with Gasteiger partial charge in [-0.25, -0.2) is 4.98 Å². The van der Waals surface area contributed by atoms with Crippen LogP contribution in [0.3, 0.4) is 0 Å². The number of para-hydroxylation sites is 3. The van der Waals surface area contributed by atoms with Crippen LogP contribution in [0.4, 0.5) is 22.7 Å². The van der Waals surface area contributed by atoms with Gasteiger partial charge < -0.3 is 14.5 Å². The first kappa shape index (κ1) is 45.5. The van der Waals surface area contributed by atoms with Gasteiger partial charge in [-0.05, 0) is 128 Å². The van der Waals surface area contributed by atoms with E-state index in [0.717, 1.165) is 50.6 Å². The van der Waals surface area contributed by atoms with Crippen LogP contribution < -0.4 is 14.5 Å². The lowest BCUT2D eigenvalue weighted by Crippen LogP contribution is -2.25. The fraction of sp³-hybridized carbons (Fsp3) is 0.197. The Bertz CT molecular complexity index is 3880. The van der Waals surface area contributed by atoms with Crippen molar-refractivity contribution >= 4 is 76.1 Å². The predicted molar refractivity (Wildman–Crippen MR) is 307 cm³/mol. The average Bonchev–Trinajstić information content (AvgIpc) is 4.05. The summed E-state index contributed by atoms with van der Waals surface area (Å²) in [7, 11) is 0. The molecule has 0 unspecified atom stereocenters. The van der Waals surface area contributed by atoms with E-state index in [2.05, 4.69) is 265 Å². The molecule has 0 radical (unpaired) electrons. The molecule has 1 aliphatic heterocycles. The molecule has 0 amide bonds. The molecule has 1 aliphatic rings. The topological polar surface area (TPSA) is 33.5 Å². The maximum Gasteiger partial charge on any atom is 0.137 e. The van der Waals surface area contributed by atoms with Crippen LogP contribution in [-0.2, 0) is 16.2 Å². The van der Waals surface area contributed by atoms with Crippen molar-refractivity contribution < 1.29 is 4.74 Å². The molecule has 356 valence electrons. The maximum atomic E-state index is 6.85. The number of aromatic nitrogens is 2. The van der Waals surface area contributed by atoms with Crippen molar-refractivity contribution in [3.63, 3.8) is 0 Å². The van der Waals surface area contributed by atoms with E-state index >= 15 is 0 Å². The number of nitrogens with zero attached hydrogens (tertiary/aromatic N) is 4. The van der Waals surface area contributed by atoms with Gasteiger partial charge in [0.15, 0.2) is 0 Å². The second-order valence-electron chi connectivity index (χ2n) is 22.6. The van der Waals surface area contributed by atoms with Gasteiger partial charge in [0.2, 0.25) is 0 Å². The van der Waals surface area contributed by atoms with Gasteiger partial charge in [0.1, 0.15) is 24.0 Å². The first-order valence-electron chi connectivity index (χ1n) is 25.2. The summed E-state index contributed by atoms with van der Waals surface area (Å²) in [5.41, 5.74) is 15.3. The number of fused-ring (bicyclic) bond motifs is 7.